The van der Waals surface area contributed by atoms with Crippen LogP contribution in [0.3, 0.4) is 0 Å². The van der Waals surface area contributed by atoms with Crippen LogP contribution in [-0.4, -0.2) is 52.5 Å². The quantitative estimate of drug-likeness (QED) is 0.604. The number of fused-ring (bicyclic) bond motifs is 2. The maximum atomic E-state index is 10.4. The SMILES string of the molecule is C[C@]12CC[C@](C)(CC(Oc3ccc(-c4ncc(-n5nccn5)cc4O)nn3)C1)N2.Cl.Cl. The summed E-state index contributed by atoms with van der Waals surface area (Å²) in [5.74, 6) is 0.475. The summed E-state index contributed by atoms with van der Waals surface area (Å²) in [4.78, 5) is 5.67. The average Bonchev–Trinajstić information content (AvgIpc) is 3.28. The van der Waals surface area contributed by atoms with Gasteiger partial charge in [-0.3, -0.25) is 0 Å². The number of hydrogen-bond donors (Lipinski definition) is 2. The molecule has 2 fully saturated rings. The van der Waals surface area contributed by atoms with Crippen molar-refractivity contribution in [3.63, 3.8) is 0 Å². The fraction of sp³-hybridized carbons (Fsp3) is 0.450. The lowest BCUT2D eigenvalue weighted by Crippen LogP contribution is -2.56. The summed E-state index contributed by atoms with van der Waals surface area (Å²) in [5.41, 5.74) is 1.64. The highest BCUT2D eigenvalue weighted by Crippen LogP contribution is 2.43. The van der Waals surface area contributed by atoms with Gasteiger partial charge in [0.2, 0.25) is 5.88 Å². The smallest absolute Gasteiger partial charge is 0.233 e. The van der Waals surface area contributed by atoms with E-state index >= 15 is 0 Å². The average molecular weight is 466 g/mol. The third kappa shape index (κ3) is 4.58. The number of rotatable bonds is 4. The molecule has 0 aliphatic carbocycles. The van der Waals surface area contributed by atoms with Crippen LogP contribution in [0, 0.1) is 0 Å². The van der Waals surface area contributed by atoms with Gasteiger partial charge >= 0.3 is 0 Å². The van der Waals surface area contributed by atoms with Crippen molar-refractivity contribution in [2.24, 2.45) is 0 Å². The highest BCUT2D eigenvalue weighted by atomic mass is 35.5. The Morgan fingerprint density at radius 2 is 1.74 bits per heavy atom. The summed E-state index contributed by atoms with van der Waals surface area (Å²) in [6.07, 6.45) is 9.06. The Balaban J connectivity index is 0.00000136. The van der Waals surface area contributed by atoms with Crippen molar-refractivity contribution in [3.05, 3.63) is 36.8 Å². The van der Waals surface area contributed by atoms with Gasteiger partial charge in [-0.2, -0.15) is 10.2 Å². The standard InChI is InChI=1S/C20H23N7O2.2ClH/c1-19-5-6-20(2,26-19)11-14(10-19)29-17-4-3-15(24-25-17)18-16(28)9-13(12-21-18)27-22-7-8-23-27;;/h3-4,7-9,12,14,26,28H,5-6,10-11H2,1-2H3;2*1H/t14?,19-,20+;;. The molecular formula is C20H25Cl2N7O2. The fourth-order valence-electron chi connectivity index (χ4n) is 4.65. The minimum Gasteiger partial charge on any atom is -0.506 e. The topological polar surface area (TPSA) is 111 Å². The fourth-order valence-corrected chi connectivity index (χ4v) is 4.65. The summed E-state index contributed by atoms with van der Waals surface area (Å²) >= 11 is 0. The number of nitrogens with zero attached hydrogens (tertiary/aromatic N) is 6. The van der Waals surface area contributed by atoms with Gasteiger partial charge in [-0.15, -0.1) is 39.8 Å². The van der Waals surface area contributed by atoms with Crippen LogP contribution in [-0.2, 0) is 0 Å². The van der Waals surface area contributed by atoms with Gasteiger partial charge in [-0.25, -0.2) is 4.98 Å². The molecule has 5 heterocycles. The van der Waals surface area contributed by atoms with Gasteiger partial charge in [-0.1, -0.05) is 0 Å². The number of halogens is 2. The van der Waals surface area contributed by atoms with Crippen LogP contribution in [0.1, 0.15) is 39.5 Å². The van der Waals surface area contributed by atoms with Gasteiger partial charge in [0, 0.05) is 36.1 Å². The van der Waals surface area contributed by atoms with Gasteiger partial charge in [0.15, 0.2) is 0 Å². The third-order valence-corrected chi connectivity index (χ3v) is 5.86. The maximum absolute atomic E-state index is 10.4. The Labute approximate surface area is 192 Å². The van der Waals surface area contributed by atoms with Crippen LogP contribution in [0.15, 0.2) is 36.8 Å². The molecule has 2 aliphatic rings. The largest absolute Gasteiger partial charge is 0.506 e. The molecule has 0 amide bonds. The minimum absolute atomic E-state index is 0. The van der Waals surface area contributed by atoms with Crippen molar-refractivity contribution in [2.45, 2.75) is 56.7 Å². The number of hydrogen-bond acceptors (Lipinski definition) is 8. The van der Waals surface area contributed by atoms with Crippen molar-refractivity contribution < 1.29 is 9.84 Å². The Hall–Kier alpha value is -2.49. The van der Waals surface area contributed by atoms with Gasteiger partial charge in [0.1, 0.15) is 28.9 Å². The summed E-state index contributed by atoms with van der Waals surface area (Å²) in [6.45, 7) is 4.53. The normalized spacial score (nSPS) is 26.6. The lowest BCUT2D eigenvalue weighted by Gasteiger charge is -2.41. The van der Waals surface area contributed by atoms with Crippen LogP contribution >= 0.6 is 24.8 Å². The van der Waals surface area contributed by atoms with E-state index in [4.69, 9.17) is 4.74 Å². The Kier molecular flexibility index (Phi) is 6.40. The van der Waals surface area contributed by atoms with E-state index in [2.05, 4.69) is 44.5 Å². The molecule has 166 valence electrons. The van der Waals surface area contributed by atoms with Gasteiger partial charge in [-0.05, 0) is 32.8 Å². The third-order valence-electron chi connectivity index (χ3n) is 5.86. The lowest BCUT2D eigenvalue weighted by atomic mass is 9.86. The zero-order valence-corrected chi connectivity index (χ0v) is 18.9. The van der Waals surface area contributed by atoms with Crippen molar-refractivity contribution in [1.29, 1.82) is 0 Å². The van der Waals surface area contributed by atoms with Gasteiger partial charge in [0.25, 0.3) is 0 Å². The molecule has 5 rings (SSSR count). The molecular weight excluding hydrogens is 441 g/mol. The molecule has 2 N–H and O–H groups in total. The first-order valence-corrected chi connectivity index (χ1v) is 9.77. The monoisotopic (exact) mass is 465 g/mol. The summed E-state index contributed by atoms with van der Waals surface area (Å²) in [5, 5.41) is 30.6. The van der Waals surface area contributed by atoms with E-state index in [1.54, 1.807) is 36.8 Å². The zero-order chi connectivity index (χ0) is 20.1. The van der Waals surface area contributed by atoms with Crippen LogP contribution in [0.5, 0.6) is 11.6 Å². The predicted molar refractivity (Wildman–Crippen MR) is 119 cm³/mol. The molecule has 9 nitrogen and oxygen atoms in total. The van der Waals surface area contributed by atoms with Crippen molar-refractivity contribution in [1.82, 2.24) is 35.5 Å². The van der Waals surface area contributed by atoms with Crippen molar-refractivity contribution in [3.8, 4) is 28.7 Å². The second-order valence-electron chi connectivity index (χ2n) is 8.53. The molecule has 31 heavy (non-hydrogen) atoms. The molecule has 2 bridgehead atoms. The first kappa shape index (κ1) is 23.2. The number of pyridine rings is 1. The number of piperidine rings is 1. The van der Waals surface area contributed by atoms with Crippen LogP contribution in [0.25, 0.3) is 17.1 Å². The Morgan fingerprint density at radius 1 is 1.06 bits per heavy atom. The van der Waals surface area contributed by atoms with E-state index in [0.717, 1.165) is 12.8 Å². The van der Waals surface area contributed by atoms with Crippen molar-refractivity contribution in [2.75, 3.05) is 0 Å². The van der Waals surface area contributed by atoms with E-state index in [0.29, 0.717) is 23.0 Å². The number of nitrogens with one attached hydrogen (secondary N) is 1. The van der Waals surface area contributed by atoms with Crippen LogP contribution in [0.2, 0.25) is 0 Å². The second kappa shape index (κ2) is 8.57. The molecule has 2 saturated heterocycles. The zero-order valence-electron chi connectivity index (χ0n) is 17.2. The molecule has 1 unspecified atom stereocenters. The van der Waals surface area contributed by atoms with E-state index < -0.39 is 0 Å². The number of aromatic nitrogens is 6. The van der Waals surface area contributed by atoms with Crippen LogP contribution in [0.4, 0.5) is 0 Å². The first-order valence-electron chi connectivity index (χ1n) is 9.77. The molecule has 0 radical (unpaired) electrons. The predicted octanol–water partition coefficient (Wildman–Crippen LogP) is 3.11. The Bertz CT molecular complexity index is 1020. The second-order valence-corrected chi connectivity index (χ2v) is 8.53. The maximum Gasteiger partial charge on any atom is 0.233 e. The van der Waals surface area contributed by atoms with Crippen LogP contribution < -0.4 is 10.1 Å². The molecule has 0 spiro atoms. The van der Waals surface area contributed by atoms with Crippen molar-refractivity contribution >= 4 is 24.8 Å². The highest BCUT2D eigenvalue weighted by Gasteiger charge is 2.49. The molecule has 3 aromatic rings. The summed E-state index contributed by atoms with van der Waals surface area (Å²) in [7, 11) is 0. The number of aromatic hydroxyl groups is 1. The van der Waals surface area contributed by atoms with E-state index in [-0.39, 0.29) is 47.7 Å². The Morgan fingerprint density at radius 3 is 2.32 bits per heavy atom. The lowest BCUT2D eigenvalue weighted by molar-refractivity contribution is 0.0754. The summed E-state index contributed by atoms with van der Waals surface area (Å²) in [6, 6.07) is 5.08. The molecule has 2 aliphatic heterocycles. The van der Waals surface area contributed by atoms with Gasteiger partial charge < -0.3 is 15.2 Å². The molecule has 3 aromatic heterocycles. The summed E-state index contributed by atoms with van der Waals surface area (Å²) < 4.78 is 6.14. The first-order chi connectivity index (χ1) is 13.9. The van der Waals surface area contributed by atoms with Gasteiger partial charge in [0.05, 0.1) is 18.6 Å². The molecule has 3 atom stereocenters. The van der Waals surface area contributed by atoms with E-state index in [1.807, 2.05) is 0 Å². The van der Waals surface area contributed by atoms with E-state index in [9.17, 15) is 5.11 Å². The molecule has 0 saturated carbocycles. The highest BCUT2D eigenvalue weighted by molar-refractivity contribution is 5.85. The van der Waals surface area contributed by atoms with E-state index in [1.165, 1.54) is 17.6 Å². The number of ether oxygens (including phenoxy) is 1. The molecule has 11 heteroatoms. The molecule has 0 aromatic carbocycles. The minimum atomic E-state index is -0.0152.